The molecule has 0 aliphatic carbocycles. The van der Waals surface area contributed by atoms with Gasteiger partial charge in [0.25, 0.3) is 0 Å². The molecule has 2 aromatic rings. The van der Waals surface area contributed by atoms with Crippen molar-refractivity contribution in [2.75, 3.05) is 5.32 Å². The van der Waals surface area contributed by atoms with E-state index in [1.807, 2.05) is 37.6 Å². The maximum atomic E-state index is 12.0. The second-order valence-corrected chi connectivity index (χ2v) is 5.06. The average Bonchev–Trinajstić information content (AvgIpc) is 2.67. The van der Waals surface area contributed by atoms with Crippen LogP contribution in [-0.4, -0.2) is 20.7 Å². The van der Waals surface area contributed by atoms with E-state index in [-0.39, 0.29) is 11.9 Å². The molecule has 1 atom stereocenters. The number of aromatic nitrogens is 3. The maximum absolute atomic E-state index is 12.0. The van der Waals surface area contributed by atoms with Gasteiger partial charge in [-0.1, -0.05) is 6.07 Å². The minimum Gasteiger partial charge on any atom is -0.311 e. The van der Waals surface area contributed by atoms with E-state index in [4.69, 9.17) is 0 Å². The molecule has 5 nitrogen and oxygen atoms in total. The second kappa shape index (κ2) is 5.86. The lowest BCUT2D eigenvalue weighted by Crippen LogP contribution is -2.19. The number of nitrogens with zero attached hydrogens (tertiary/aromatic N) is 3. The molecule has 0 bridgehead atoms. The fourth-order valence-corrected chi connectivity index (χ4v) is 2.16. The molecule has 106 valence electrons. The van der Waals surface area contributed by atoms with Crippen LogP contribution in [0.25, 0.3) is 0 Å². The highest BCUT2D eigenvalue weighted by molar-refractivity contribution is 5.89. The van der Waals surface area contributed by atoms with Crippen LogP contribution in [0.15, 0.2) is 24.4 Å². The Morgan fingerprint density at radius 2 is 2.10 bits per heavy atom. The highest BCUT2D eigenvalue weighted by atomic mass is 16.1. The molecule has 20 heavy (non-hydrogen) atoms. The quantitative estimate of drug-likeness (QED) is 0.931. The summed E-state index contributed by atoms with van der Waals surface area (Å²) in [5, 5.41) is 7.28. The van der Waals surface area contributed by atoms with E-state index >= 15 is 0 Å². The molecule has 2 rings (SSSR count). The third-order valence-electron chi connectivity index (χ3n) is 3.52. The van der Waals surface area contributed by atoms with E-state index in [0.29, 0.717) is 12.2 Å². The molecule has 0 saturated heterocycles. The SMILES string of the molecule is Cc1nn([C@@H](C)CC(=O)Nc2ccccn2)c(C)c1C. The van der Waals surface area contributed by atoms with Crippen molar-refractivity contribution in [1.29, 1.82) is 0 Å². The summed E-state index contributed by atoms with van der Waals surface area (Å²) >= 11 is 0. The predicted octanol–water partition coefficient (Wildman–Crippen LogP) is 2.79. The number of hydrogen-bond donors (Lipinski definition) is 1. The molecule has 0 unspecified atom stereocenters. The van der Waals surface area contributed by atoms with Gasteiger partial charge in [-0.05, 0) is 45.4 Å². The number of nitrogens with one attached hydrogen (secondary N) is 1. The van der Waals surface area contributed by atoms with Crippen LogP contribution in [0.1, 0.15) is 36.3 Å². The number of carbonyl (C=O) groups is 1. The molecular weight excluding hydrogens is 252 g/mol. The predicted molar refractivity (Wildman–Crippen MR) is 78.6 cm³/mol. The normalized spacial score (nSPS) is 12.2. The van der Waals surface area contributed by atoms with Gasteiger partial charge in [0.1, 0.15) is 5.82 Å². The molecule has 0 radical (unpaired) electrons. The fraction of sp³-hybridized carbons (Fsp3) is 0.400. The average molecular weight is 272 g/mol. The molecule has 0 aliphatic rings. The van der Waals surface area contributed by atoms with Crippen LogP contribution in [0.2, 0.25) is 0 Å². The van der Waals surface area contributed by atoms with Crippen molar-refractivity contribution >= 4 is 11.7 Å². The van der Waals surface area contributed by atoms with Crippen molar-refractivity contribution in [2.24, 2.45) is 0 Å². The number of amides is 1. The van der Waals surface area contributed by atoms with Crippen molar-refractivity contribution in [3.05, 3.63) is 41.3 Å². The van der Waals surface area contributed by atoms with Gasteiger partial charge >= 0.3 is 0 Å². The number of anilines is 1. The molecule has 1 N–H and O–H groups in total. The Bertz CT molecular complexity index is 604. The molecule has 2 aromatic heterocycles. The summed E-state index contributed by atoms with van der Waals surface area (Å²) in [7, 11) is 0. The van der Waals surface area contributed by atoms with E-state index in [1.165, 1.54) is 5.56 Å². The second-order valence-electron chi connectivity index (χ2n) is 5.06. The summed E-state index contributed by atoms with van der Waals surface area (Å²) in [6.45, 7) is 8.06. The first-order valence-electron chi connectivity index (χ1n) is 6.72. The van der Waals surface area contributed by atoms with Gasteiger partial charge in [-0.25, -0.2) is 4.98 Å². The van der Waals surface area contributed by atoms with Crippen LogP contribution < -0.4 is 5.32 Å². The highest BCUT2D eigenvalue weighted by Gasteiger charge is 2.16. The van der Waals surface area contributed by atoms with E-state index in [2.05, 4.69) is 22.3 Å². The number of aryl methyl sites for hydroxylation is 1. The topological polar surface area (TPSA) is 59.8 Å². The first kappa shape index (κ1) is 14.2. The van der Waals surface area contributed by atoms with Gasteiger partial charge in [0.2, 0.25) is 5.91 Å². The molecule has 0 saturated carbocycles. The van der Waals surface area contributed by atoms with Gasteiger partial charge in [0.05, 0.1) is 11.7 Å². The van der Waals surface area contributed by atoms with Crippen molar-refractivity contribution < 1.29 is 4.79 Å². The van der Waals surface area contributed by atoms with Crippen molar-refractivity contribution in [2.45, 2.75) is 40.2 Å². The van der Waals surface area contributed by atoms with Crippen LogP contribution in [0.5, 0.6) is 0 Å². The van der Waals surface area contributed by atoms with Crippen LogP contribution in [-0.2, 0) is 4.79 Å². The fourth-order valence-electron chi connectivity index (χ4n) is 2.16. The van der Waals surface area contributed by atoms with Gasteiger partial charge in [0, 0.05) is 18.3 Å². The number of pyridine rings is 1. The van der Waals surface area contributed by atoms with Gasteiger partial charge in [-0.2, -0.15) is 5.10 Å². The standard InChI is InChI=1S/C15H20N4O/c1-10(19-13(4)11(2)12(3)18-19)9-15(20)17-14-7-5-6-8-16-14/h5-8,10H,9H2,1-4H3,(H,16,17,20)/t10-/m0/s1. The Kier molecular flexibility index (Phi) is 4.17. The lowest BCUT2D eigenvalue weighted by molar-refractivity contribution is -0.116. The Morgan fingerprint density at radius 3 is 2.65 bits per heavy atom. The Labute approximate surface area is 119 Å². The van der Waals surface area contributed by atoms with E-state index in [1.54, 1.807) is 12.3 Å². The van der Waals surface area contributed by atoms with Crippen LogP contribution in [0.3, 0.4) is 0 Å². The molecular formula is C15H20N4O. The van der Waals surface area contributed by atoms with Gasteiger partial charge in [-0.15, -0.1) is 0 Å². The largest absolute Gasteiger partial charge is 0.311 e. The van der Waals surface area contributed by atoms with E-state index < -0.39 is 0 Å². The van der Waals surface area contributed by atoms with Gasteiger partial charge in [-0.3, -0.25) is 9.48 Å². The summed E-state index contributed by atoms with van der Waals surface area (Å²) in [4.78, 5) is 16.1. The summed E-state index contributed by atoms with van der Waals surface area (Å²) in [6.07, 6.45) is 2.03. The smallest absolute Gasteiger partial charge is 0.227 e. The summed E-state index contributed by atoms with van der Waals surface area (Å²) in [6, 6.07) is 5.45. The van der Waals surface area contributed by atoms with Crippen molar-refractivity contribution in [3.8, 4) is 0 Å². The molecule has 2 heterocycles. The van der Waals surface area contributed by atoms with Crippen LogP contribution in [0.4, 0.5) is 5.82 Å². The molecule has 0 fully saturated rings. The maximum Gasteiger partial charge on any atom is 0.227 e. The molecule has 0 aromatic carbocycles. The summed E-state index contributed by atoms with van der Waals surface area (Å²) in [5.74, 6) is 0.524. The van der Waals surface area contributed by atoms with Crippen LogP contribution in [0, 0.1) is 20.8 Å². The summed E-state index contributed by atoms with van der Waals surface area (Å²) in [5.41, 5.74) is 3.31. The molecule has 1 amide bonds. The minimum atomic E-state index is -0.0543. The lowest BCUT2D eigenvalue weighted by Gasteiger charge is -2.14. The van der Waals surface area contributed by atoms with E-state index in [9.17, 15) is 4.79 Å². The first-order chi connectivity index (χ1) is 9.49. The molecule has 0 spiro atoms. The first-order valence-corrected chi connectivity index (χ1v) is 6.72. The van der Waals surface area contributed by atoms with E-state index in [0.717, 1.165) is 11.4 Å². The zero-order valence-corrected chi connectivity index (χ0v) is 12.3. The number of hydrogen-bond acceptors (Lipinski definition) is 3. The lowest BCUT2D eigenvalue weighted by atomic mass is 10.2. The third kappa shape index (κ3) is 3.04. The van der Waals surface area contributed by atoms with Crippen molar-refractivity contribution in [3.63, 3.8) is 0 Å². The Balaban J connectivity index is 2.02. The van der Waals surface area contributed by atoms with Gasteiger partial charge < -0.3 is 5.32 Å². The number of carbonyl (C=O) groups excluding carboxylic acids is 1. The monoisotopic (exact) mass is 272 g/mol. The Hall–Kier alpha value is -2.17. The zero-order valence-electron chi connectivity index (χ0n) is 12.3. The molecule has 0 aliphatic heterocycles. The number of rotatable bonds is 4. The zero-order chi connectivity index (χ0) is 14.7. The van der Waals surface area contributed by atoms with Gasteiger partial charge in [0.15, 0.2) is 0 Å². The van der Waals surface area contributed by atoms with Crippen molar-refractivity contribution in [1.82, 2.24) is 14.8 Å². The summed E-state index contributed by atoms with van der Waals surface area (Å²) < 4.78 is 1.92. The highest BCUT2D eigenvalue weighted by Crippen LogP contribution is 2.18. The molecule has 5 heteroatoms. The minimum absolute atomic E-state index is 0.0195. The third-order valence-corrected chi connectivity index (χ3v) is 3.52. The Morgan fingerprint density at radius 1 is 1.35 bits per heavy atom. The van der Waals surface area contributed by atoms with Crippen LogP contribution >= 0.6 is 0 Å².